The number of aryl methyl sites for hydroxylation is 6. The first-order chi connectivity index (χ1) is 70.0. The highest BCUT2D eigenvalue weighted by molar-refractivity contribution is 6.07. The predicted molar refractivity (Wildman–Crippen MR) is 643 cm³/mol. The van der Waals surface area contributed by atoms with Crippen LogP contribution in [0.1, 0.15) is 278 Å². The summed E-state index contributed by atoms with van der Waals surface area (Å²) in [5.41, 5.74) is 15.3. The average molecular weight is 1920 g/mol. The molecule has 0 amide bonds. The second-order valence-electron chi connectivity index (χ2n) is 30.1. The maximum atomic E-state index is 4.35. The summed E-state index contributed by atoms with van der Waals surface area (Å²) in [4.78, 5) is 40.7. The van der Waals surface area contributed by atoms with Gasteiger partial charge in [0.1, 0.15) is 18.0 Å². The number of rotatable bonds is 0. The van der Waals surface area contributed by atoms with Crippen LogP contribution >= 0.6 is 0 Å². The first-order valence-corrected chi connectivity index (χ1v) is 52.8. The van der Waals surface area contributed by atoms with Crippen LogP contribution in [0.25, 0.3) is 109 Å². The van der Waals surface area contributed by atoms with Crippen molar-refractivity contribution in [1.82, 2.24) is 49.8 Å². The van der Waals surface area contributed by atoms with Gasteiger partial charge in [-0.05, 0) is 173 Å². The average Bonchev–Trinajstić information content (AvgIpc) is 1.70. The summed E-state index contributed by atoms with van der Waals surface area (Å²) < 4.78 is 0. The van der Waals surface area contributed by atoms with Crippen molar-refractivity contribution in [3.05, 3.63) is 435 Å². The Hall–Kier alpha value is -14.0. The number of nitrogens with zero attached hydrogens (tertiary/aromatic N) is 10. The fourth-order valence-electron chi connectivity index (χ4n) is 12.2. The predicted octanol–water partition coefficient (Wildman–Crippen LogP) is 41.3. The highest BCUT2D eigenvalue weighted by Gasteiger charge is 2.16. The monoisotopic (exact) mass is 1920 g/mol. The van der Waals surface area contributed by atoms with Crippen LogP contribution in [0.2, 0.25) is 0 Å². The van der Waals surface area contributed by atoms with Crippen molar-refractivity contribution in [2.24, 2.45) is 0 Å². The number of hydrogen-bond acceptors (Lipinski definition) is 10. The van der Waals surface area contributed by atoms with Crippen LogP contribution in [-0.2, 0) is 6.42 Å². The molecule has 1 aliphatic carbocycles. The molecule has 0 atom stereocenters. The summed E-state index contributed by atoms with van der Waals surface area (Å²) in [6.07, 6.45) is 22.4. The van der Waals surface area contributed by atoms with Gasteiger partial charge in [0.2, 0.25) is 0 Å². The minimum absolute atomic E-state index is 0.775. The van der Waals surface area contributed by atoms with Gasteiger partial charge in [0, 0.05) is 59.5 Å². The van der Waals surface area contributed by atoms with Crippen LogP contribution in [0.4, 0.5) is 0 Å². The third-order valence-corrected chi connectivity index (χ3v) is 17.8. The Labute approximate surface area is 867 Å². The Morgan fingerprint density at radius 2 is 0.434 bits per heavy atom. The van der Waals surface area contributed by atoms with Gasteiger partial charge in [-0.3, -0.25) is 34.9 Å². The lowest BCUT2D eigenvalue weighted by molar-refractivity contribution is 0.920. The van der Waals surface area contributed by atoms with E-state index in [4.69, 9.17) is 0 Å². The molecule has 20 aromatic rings. The van der Waals surface area contributed by atoms with E-state index in [2.05, 4.69) is 426 Å². The molecule has 0 radical (unpaired) electrons. The van der Waals surface area contributed by atoms with Gasteiger partial charge in [-0.15, -0.1) is 0 Å². The van der Waals surface area contributed by atoms with Crippen molar-refractivity contribution in [2.45, 2.75) is 280 Å². The molecule has 14 aromatic carbocycles. The molecule has 762 valence electrons. The van der Waals surface area contributed by atoms with Crippen molar-refractivity contribution in [2.75, 3.05) is 0 Å². The van der Waals surface area contributed by atoms with E-state index in [1.54, 1.807) is 37.2 Å². The zero-order chi connectivity index (χ0) is 107. The first kappa shape index (κ1) is 133. The van der Waals surface area contributed by atoms with Gasteiger partial charge in [0.25, 0.3) is 0 Å². The normalized spacial score (nSPS) is 9.05. The Kier molecular flexibility index (Phi) is 84.4. The highest BCUT2D eigenvalue weighted by atomic mass is 15.0. The smallest absolute Gasteiger partial charge is 0.129 e. The number of hydrogen-bond donors (Lipinski definition) is 0. The van der Waals surface area contributed by atoms with E-state index in [1.807, 2.05) is 205 Å². The lowest BCUT2D eigenvalue weighted by atomic mass is 10.0. The minimum atomic E-state index is 0.775. The van der Waals surface area contributed by atoms with Gasteiger partial charge in [-0.25, -0.2) is 15.0 Å². The van der Waals surface area contributed by atoms with Crippen LogP contribution in [-0.4, -0.2) is 49.8 Å². The molecule has 0 saturated heterocycles. The number of benzene rings is 14. The Morgan fingerprint density at radius 1 is 0.196 bits per heavy atom. The third kappa shape index (κ3) is 55.2. The molecule has 1 aliphatic rings. The van der Waals surface area contributed by atoms with Gasteiger partial charge in [-0.2, -0.15) is 0 Å². The summed E-state index contributed by atoms with van der Waals surface area (Å²) in [6.45, 7) is 69.2. The van der Waals surface area contributed by atoms with Gasteiger partial charge < -0.3 is 0 Å². The Balaban J connectivity index is -0.00000148. The number of para-hydroxylation sites is 3. The molecule has 0 spiro atoms. The molecule has 10 nitrogen and oxygen atoms in total. The maximum Gasteiger partial charge on any atom is 0.129 e. The molecule has 143 heavy (non-hydrogen) atoms. The molecule has 0 N–H and O–H groups in total. The van der Waals surface area contributed by atoms with E-state index in [-0.39, 0.29) is 0 Å². The van der Waals surface area contributed by atoms with Gasteiger partial charge in [-0.1, -0.05) is 535 Å². The van der Waals surface area contributed by atoms with Crippen molar-refractivity contribution < 1.29 is 0 Å². The summed E-state index contributed by atoms with van der Waals surface area (Å²) in [6, 6.07) is 117. The summed E-state index contributed by atoms with van der Waals surface area (Å²) in [5, 5.41) is 16.6. The fourth-order valence-corrected chi connectivity index (χ4v) is 12.2. The second kappa shape index (κ2) is 90.6. The first-order valence-electron chi connectivity index (χ1n) is 52.8. The second-order valence-corrected chi connectivity index (χ2v) is 30.1. The van der Waals surface area contributed by atoms with E-state index < -0.39 is 0 Å². The number of pyridine rings is 3. The SMILES string of the molecule is CC.CC.CC.CC.CC.CC.CC.CC.CCC.CCC.CCC.CCC.CCC.CCC.Cc1ccc(C)cc1.Cc1cnc(C)cn1.Cc1ncnc(C)n1.c1ccc2c(c1)Cc1ccccc1-2.c1ccc2c(c1)ccc1ccccc12.c1ccc2cc3ccccc3cc2c1.c1ccc2ccccc2c1.c1ccc2ncccc2c1.c1ccc2nccnc2c1.c1cnc2c(c1)ccc1cccnc12. The molecular formula is C133H180N10. The maximum absolute atomic E-state index is 4.35. The van der Waals surface area contributed by atoms with E-state index in [0.29, 0.717) is 0 Å². The van der Waals surface area contributed by atoms with Crippen LogP contribution < -0.4 is 0 Å². The van der Waals surface area contributed by atoms with Gasteiger partial charge >= 0.3 is 0 Å². The van der Waals surface area contributed by atoms with E-state index in [9.17, 15) is 0 Å². The standard InChI is InChI=1S/2C14H10.C13H10.C12H8N2.C10H8.C9H7N.C8H6N2.C8H10.C6H8N2.C5H7N3.6C3H8.8C2H6/c1-3-7-13-11(5-1)9-10-12-6-2-4-8-14(12)13;1-2-6-12-10-14-8-4-3-7-13(14)9-11(12)5-1;1-3-7-12-10(5-1)9-11-6-2-4-8-13(11)12;1-3-9-5-6-10-4-2-8-14-12(10)11(9)13-7-1;1-2-6-10-8-4-3-7-9(10)5-1;1-2-6-9-8(4-1)5-3-7-10-9;1-2-4-8-7(3-1)9-5-6-10-8;1-7-3-5-8(2)6-4-7;1-5-3-8-6(2)4-7-5;1-4-6-3-7-5(2)8-4;6*1-3-2;8*1-2/h2*1-10H;1-8H,9H2;1-8H;1-8H;1-7H;1-6H;3-6H,1-2H3;3-4H,1-2H3;3H,1-2H3;6*3H2,1-2H3;8*1-2H3. The van der Waals surface area contributed by atoms with Crippen molar-refractivity contribution >= 4 is 97.6 Å². The van der Waals surface area contributed by atoms with E-state index in [0.717, 1.165) is 67.8 Å². The van der Waals surface area contributed by atoms with E-state index in [1.165, 1.54) is 137 Å². The molecular weight excluding hydrogens is 1740 g/mol. The molecule has 21 rings (SSSR count). The van der Waals surface area contributed by atoms with Crippen molar-refractivity contribution in [1.29, 1.82) is 0 Å². The van der Waals surface area contributed by atoms with Crippen LogP contribution in [0, 0.1) is 41.5 Å². The number of aromatic nitrogens is 10. The fraction of sp³-hybridized carbons (Fsp3) is 0.308. The van der Waals surface area contributed by atoms with Gasteiger partial charge in [0.05, 0.1) is 39.0 Å². The van der Waals surface area contributed by atoms with Crippen molar-refractivity contribution in [3.63, 3.8) is 0 Å². The molecule has 10 heteroatoms. The zero-order valence-corrected chi connectivity index (χ0v) is 94.4. The number of fused-ring (bicyclic) bond motifs is 14. The van der Waals surface area contributed by atoms with Crippen LogP contribution in [0.5, 0.6) is 0 Å². The molecule has 0 aliphatic heterocycles. The lowest BCUT2D eigenvalue weighted by Gasteiger charge is -2.02. The third-order valence-electron chi connectivity index (χ3n) is 17.8. The van der Waals surface area contributed by atoms with E-state index >= 15 is 0 Å². The largest absolute Gasteiger partial charge is 0.258 e. The minimum Gasteiger partial charge on any atom is -0.258 e. The quantitative estimate of drug-likeness (QED) is 0.107. The zero-order valence-electron chi connectivity index (χ0n) is 94.4. The lowest BCUT2D eigenvalue weighted by Crippen LogP contribution is -1.91. The molecule has 0 bridgehead atoms. The molecule has 6 aromatic heterocycles. The summed E-state index contributed by atoms with van der Waals surface area (Å²) in [5.74, 6) is 1.55. The Morgan fingerprint density at radius 3 is 0.734 bits per heavy atom. The summed E-state index contributed by atoms with van der Waals surface area (Å²) >= 11 is 0. The molecule has 0 saturated carbocycles. The van der Waals surface area contributed by atoms with Gasteiger partial charge in [0.15, 0.2) is 0 Å². The highest BCUT2D eigenvalue weighted by Crippen LogP contribution is 2.36. The summed E-state index contributed by atoms with van der Waals surface area (Å²) in [7, 11) is 0. The molecule has 0 fully saturated rings. The van der Waals surface area contributed by atoms with Crippen LogP contribution in [0.15, 0.2) is 389 Å². The van der Waals surface area contributed by atoms with Crippen molar-refractivity contribution in [3.8, 4) is 11.1 Å². The molecule has 6 heterocycles. The van der Waals surface area contributed by atoms with Crippen LogP contribution in [0.3, 0.4) is 0 Å². The Bertz CT molecular complexity index is 5520. The topological polar surface area (TPSA) is 129 Å². The molecule has 0 unspecified atom stereocenters.